The minimum absolute atomic E-state index is 0.0810. The molecule has 1 amide bonds. The van der Waals surface area contributed by atoms with Gasteiger partial charge in [0, 0.05) is 0 Å². The van der Waals surface area contributed by atoms with E-state index in [1.54, 1.807) is 4.90 Å². The summed E-state index contributed by atoms with van der Waals surface area (Å²) in [6.45, 7) is 6.25. The van der Waals surface area contributed by atoms with Gasteiger partial charge in [0.1, 0.15) is 5.72 Å². The summed E-state index contributed by atoms with van der Waals surface area (Å²) in [5.74, 6) is -0.275. The van der Waals surface area contributed by atoms with Gasteiger partial charge in [-0.15, -0.1) is 0 Å². The summed E-state index contributed by atoms with van der Waals surface area (Å²) >= 11 is 11.2. The molecule has 0 aromatic rings. The largest absolute Gasteiger partial charge is 0.354 e. The predicted molar refractivity (Wildman–Crippen MR) is 56.5 cm³/mol. The summed E-state index contributed by atoms with van der Waals surface area (Å²) in [5.41, 5.74) is -0.597. The van der Waals surface area contributed by atoms with Gasteiger partial charge in [-0.1, -0.05) is 30.1 Å². The summed E-state index contributed by atoms with van der Waals surface area (Å²) in [6.07, 6.45) is 0.843. The lowest BCUT2D eigenvalue weighted by atomic mass is 10.1. The van der Waals surface area contributed by atoms with Gasteiger partial charge in [-0.2, -0.15) is 0 Å². The summed E-state index contributed by atoms with van der Waals surface area (Å²) in [5, 5.41) is 0. The standard InChI is InChI=1S/C9H15Cl2NO2/c1-4-6-5-14-9(2,3)12(6)8(13)7(10)11/h6-7H,4-5H2,1-3H3/t6-/m1/s1. The lowest BCUT2D eigenvalue weighted by Gasteiger charge is -2.33. The number of amides is 1. The highest BCUT2D eigenvalue weighted by atomic mass is 35.5. The fraction of sp³-hybridized carbons (Fsp3) is 0.889. The first-order valence-corrected chi connectivity index (χ1v) is 5.52. The molecule has 0 unspecified atom stereocenters. The van der Waals surface area contributed by atoms with E-state index in [-0.39, 0.29) is 11.9 Å². The van der Waals surface area contributed by atoms with Crippen LogP contribution in [0.5, 0.6) is 0 Å². The van der Waals surface area contributed by atoms with Crippen LogP contribution in [0.25, 0.3) is 0 Å². The van der Waals surface area contributed by atoms with Crippen LogP contribution >= 0.6 is 23.2 Å². The van der Waals surface area contributed by atoms with Crippen molar-refractivity contribution in [1.29, 1.82) is 0 Å². The van der Waals surface area contributed by atoms with Crippen molar-refractivity contribution in [2.24, 2.45) is 0 Å². The quantitative estimate of drug-likeness (QED) is 0.692. The van der Waals surface area contributed by atoms with E-state index < -0.39 is 10.6 Å². The third kappa shape index (κ3) is 2.15. The molecule has 0 saturated carbocycles. The maximum absolute atomic E-state index is 11.7. The number of rotatable bonds is 2. The highest BCUT2D eigenvalue weighted by Crippen LogP contribution is 2.30. The Kier molecular flexibility index (Phi) is 3.67. The van der Waals surface area contributed by atoms with E-state index >= 15 is 0 Å². The molecule has 0 aromatic heterocycles. The molecule has 0 spiro atoms. The average molecular weight is 240 g/mol. The van der Waals surface area contributed by atoms with Gasteiger partial charge < -0.3 is 9.64 Å². The van der Waals surface area contributed by atoms with Crippen LogP contribution in [-0.2, 0) is 9.53 Å². The van der Waals surface area contributed by atoms with Crippen LogP contribution in [0.4, 0.5) is 0 Å². The molecule has 0 radical (unpaired) electrons. The Hall–Kier alpha value is 0.01000. The summed E-state index contributed by atoms with van der Waals surface area (Å²) in [4.78, 5) is 12.3. The SMILES string of the molecule is CC[C@@H]1COC(C)(C)N1C(=O)C(Cl)Cl. The van der Waals surface area contributed by atoms with E-state index in [2.05, 4.69) is 0 Å². The van der Waals surface area contributed by atoms with E-state index in [1.807, 2.05) is 20.8 Å². The lowest BCUT2D eigenvalue weighted by molar-refractivity contribution is -0.144. The molecule has 1 heterocycles. The molecule has 3 nitrogen and oxygen atoms in total. The monoisotopic (exact) mass is 239 g/mol. The molecule has 0 aromatic carbocycles. The van der Waals surface area contributed by atoms with Crippen molar-refractivity contribution in [2.45, 2.75) is 43.8 Å². The van der Waals surface area contributed by atoms with Crippen LogP contribution in [0.2, 0.25) is 0 Å². The third-order valence-corrected chi connectivity index (χ3v) is 2.84. The van der Waals surface area contributed by atoms with Gasteiger partial charge in [-0.3, -0.25) is 4.79 Å². The Morgan fingerprint density at radius 1 is 1.64 bits per heavy atom. The third-order valence-electron chi connectivity index (χ3n) is 2.47. The van der Waals surface area contributed by atoms with Crippen molar-refractivity contribution in [1.82, 2.24) is 4.90 Å². The lowest BCUT2D eigenvalue weighted by Crippen LogP contribution is -2.49. The van der Waals surface area contributed by atoms with Gasteiger partial charge >= 0.3 is 0 Å². The molecule has 0 aliphatic carbocycles. The van der Waals surface area contributed by atoms with E-state index in [0.717, 1.165) is 6.42 Å². The van der Waals surface area contributed by atoms with Crippen LogP contribution in [0.3, 0.4) is 0 Å². The molecular formula is C9H15Cl2NO2. The topological polar surface area (TPSA) is 29.5 Å². The van der Waals surface area contributed by atoms with Gasteiger partial charge in [0.05, 0.1) is 12.6 Å². The van der Waals surface area contributed by atoms with E-state index in [4.69, 9.17) is 27.9 Å². The number of alkyl halides is 2. The second-order valence-corrected chi connectivity index (χ2v) is 4.93. The maximum atomic E-state index is 11.7. The zero-order valence-electron chi connectivity index (χ0n) is 8.59. The fourth-order valence-electron chi connectivity index (χ4n) is 1.73. The number of carbonyl (C=O) groups is 1. The molecule has 0 N–H and O–H groups in total. The molecule has 1 aliphatic heterocycles. The van der Waals surface area contributed by atoms with Gasteiger partial charge in [0.25, 0.3) is 5.91 Å². The van der Waals surface area contributed by atoms with Crippen LogP contribution in [0, 0.1) is 0 Å². The molecule has 1 fully saturated rings. The predicted octanol–water partition coefficient (Wildman–Crippen LogP) is 2.16. The van der Waals surface area contributed by atoms with Crippen molar-refractivity contribution in [3.05, 3.63) is 0 Å². The molecule has 82 valence electrons. The number of halogens is 2. The summed E-state index contributed by atoms with van der Waals surface area (Å²) in [6, 6.07) is 0.0810. The first kappa shape index (κ1) is 12.1. The molecule has 14 heavy (non-hydrogen) atoms. The minimum Gasteiger partial charge on any atom is -0.354 e. The normalized spacial score (nSPS) is 25.9. The van der Waals surface area contributed by atoms with Gasteiger partial charge in [0.2, 0.25) is 0 Å². The Labute approximate surface area is 94.3 Å². The zero-order valence-corrected chi connectivity index (χ0v) is 10.1. The van der Waals surface area contributed by atoms with Crippen LogP contribution in [0.1, 0.15) is 27.2 Å². The number of carbonyl (C=O) groups excluding carboxylic acids is 1. The number of hydrogen-bond acceptors (Lipinski definition) is 2. The summed E-state index contributed by atoms with van der Waals surface area (Å²) < 4.78 is 5.52. The Morgan fingerprint density at radius 2 is 2.21 bits per heavy atom. The molecule has 5 heteroatoms. The number of hydrogen-bond donors (Lipinski definition) is 0. The van der Waals surface area contributed by atoms with Crippen molar-refractivity contribution in [3.63, 3.8) is 0 Å². The van der Waals surface area contributed by atoms with Crippen LogP contribution < -0.4 is 0 Å². The average Bonchev–Trinajstić information content (AvgIpc) is 2.39. The molecule has 1 atom stereocenters. The highest BCUT2D eigenvalue weighted by Gasteiger charge is 2.44. The summed E-state index contributed by atoms with van der Waals surface area (Å²) in [7, 11) is 0. The van der Waals surface area contributed by atoms with Crippen LogP contribution in [0.15, 0.2) is 0 Å². The van der Waals surface area contributed by atoms with E-state index in [1.165, 1.54) is 0 Å². The van der Waals surface area contributed by atoms with Crippen molar-refractivity contribution < 1.29 is 9.53 Å². The van der Waals surface area contributed by atoms with E-state index in [9.17, 15) is 4.79 Å². The van der Waals surface area contributed by atoms with Gasteiger partial charge in [0.15, 0.2) is 4.84 Å². The zero-order chi connectivity index (χ0) is 10.9. The first-order chi connectivity index (χ1) is 6.40. The van der Waals surface area contributed by atoms with Gasteiger partial charge in [-0.05, 0) is 20.3 Å². The Bertz CT molecular complexity index is 231. The first-order valence-electron chi connectivity index (χ1n) is 4.65. The second-order valence-electron chi connectivity index (χ2n) is 3.83. The Morgan fingerprint density at radius 3 is 2.64 bits per heavy atom. The molecular weight excluding hydrogens is 225 g/mol. The van der Waals surface area contributed by atoms with E-state index in [0.29, 0.717) is 6.61 Å². The maximum Gasteiger partial charge on any atom is 0.258 e. The molecule has 0 bridgehead atoms. The van der Waals surface area contributed by atoms with Gasteiger partial charge in [-0.25, -0.2) is 0 Å². The van der Waals surface area contributed by atoms with Crippen LogP contribution in [-0.4, -0.2) is 34.0 Å². The molecule has 1 saturated heterocycles. The number of ether oxygens (including phenoxy) is 1. The second kappa shape index (κ2) is 4.25. The highest BCUT2D eigenvalue weighted by molar-refractivity contribution is 6.53. The molecule has 1 aliphatic rings. The molecule has 1 rings (SSSR count). The Balaban J connectivity index is 2.85. The number of nitrogens with zero attached hydrogens (tertiary/aromatic N) is 1. The van der Waals surface area contributed by atoms with Crippen molar-refractivity contribution >= 4 is 29.1 Å². The van der Waals surface area contributed by atoms with Crippen molar-refractivity contribution in [2.75, 3.05) is 6.61 Å². The minimum atomic E-state index is -1.01. The van der Waals surface area contributed by atoms with Crippen molar-refractivity contribution in [3.8, 4) is 0 Å². The fourth-order valence-corrected chi connectivity index (χ4v) is 1.95. The smallest absolute Gasteiger partial charge is 0.258 e.